The van der Waals surface area contributed by atoms with E-state index in [1.165, 1.54) is 18.2 Å². The number of benzene rings is 2. The molecule has 2 aromatic carbocycles. The fourth-order valence-electron chi connectivity index (χ4n) is 4.24. The van der Waals surface area contributed by atoms with Gasteiger partial charge in [0.05, 0.1) is 17.7 Å². The maximum atomic E-state index is 12.8. The zero-order valence-electron chi connectivity index (χ0n) is 18.8. The Balaban J connectivity index is 1.51. The average Bonchev–Trinajstić information content (AvgIpc) is 3.44. The number of aliphatic imine (C=N–C) groups is 1. The summed E-state index contributed by atoms with van der Waals surface area (Å²) in [5, 5.41) is 5.68. The van der Waals surface area contributed by atoms with Crippen LogP contribution in [0.5, 0.6) is 5.75 Å². The number of carbonyl (C=O) groups excluding carboxylic acids is 1. The first kappa shape index (κ1) is 21.5. The van der Waals surface area contributed by atoms with Gasteiger partial charge in [-0.1, -0.05) is 37.3 Å². The maximum Gasteiger partial charge on any atom is 0.286 e. The molecule has 1 amide bonds. The number of likely N-dealkylation sites (tertiary alicyclic amines) is 1. The van der Waals surface area contributed by atoms with Crippen LogP contribution < -0.4 is 4.74 Å². The highest BCUT2D eigenvalue weighted by molar-refractivity contribution is 8.18. The minimum Gasteiger partial charge on any atom is -0.497 e. The molecule has 7 heteroatoms. The molecule has 168 valence electrons. The Morgan fingerprint density at radius 2 is 2.00 bits per heavy atom. The number of nitrogens with zero attached hydrogens (tertiary/aromatic N) is 4. The lowest BCUT2D eigenvalue weighted by Crippen LogP contribution is -2.37. The minimum atomic E-state index is -0.183. The molecule has 0 aliphatic carbocycles. The second kappa shape index (κ2) is 9.27. The lowest BCUT2D eigenvalue weighted by molar-refractivity contribution is -0.113. The average molecular weight is 459 g/mol. The Morgan fingerprint density at radius 3 is 2.79 bits per heavy atom. The molecule has 1 aromatic heterocycles. The molecule has 3 heterocycles. The Hall–Kier alpha value is -3.32. The summed E-state index contributed by atoms with van der Waals surface area (Å²) in [4.78, 5) is 20.0. The van der Waals surface area contributed by atoms with Crippen LogP contribution in [-0.2, 0) is 4.79 Å². The lowest BCUT2D eigenvalue weighted by Gasteiger charge is -2.31. The fraction of sp³-hybridized carbons (Fsp3) is 0.269. The molecular weight excluding hydrogens is 432 g/mol. The molecule has 5 rings (SSSR count). The third-order valence-corrected chi connectivity index (χ3v) is 6.97. The smallest absolute Gasteiger partial charge is 0.286 e. The number of amidine groups is 1. The van der Waals surface area contributed by atoms with Gasteiger partial charge in [0, 0.05) is 30.4 Å². The Bertz CT molecular complexity index is 1230. The Kier molecular flexibility index (Phi) is 6.05. The lowest BCUT2D eigenvalue weighted by atomic mass is 10.0. The second-order valence-corrected chi connectivity index (χ2v) is 9.46. The van der Waals surface area contributed by atoms with Crippen molar-refractivity contribution < 1.29 is 9.53 Å². The first-order valence-electron chi connectivity index (χ1n) is 11.2. The summed E-state index contributed by atoms with van der Waals surface area (Å²) < 4.78 is 7.26. The van der Waals surface area contributed by atoms with Crippen LogP contribution in [0, 0.1) is 5.92 Å². The van der Waals surface area contributed by atoms with Gasteiger partial charge in [-0.2, -0.15) is 10.1 Å². The van der Waals surface area contributed by atoms with E-state index < -0.39 is 0 Å². The van der Waals surface area contributed by atoms with E-state index in [1.54, 1.807) is 7.11 Å². The third kappa shape index (κ3) is 4.59. The van der Waals surface area contributed by atoms with Gasteiger partial charge in [0.1, 0.15) is 11.4 Å². The van der Waals surface area contributed by atoms with Crippen LogP contribution in [0.3, 0.4) is 0 Å². The molecule has 0 radical (unpaired) electrons. The molecule has 0 unspecified atom stereocenters. The number of piperidine rings is 1. The zero-order valence-corrected chi connectivity index (χ0v) is 19.6. The van der Waals surface area contributed by atoms with Gasteiger partial charge in [0.15, 0.2) is 5.17 Å². The Labute approximate surface area is 198 Å². The topological polar surface area (TPSA) is 59.7 Å². The molecule has 0 N–H and O–H groups in total. The number of methoxy groups -OCH3 is 1. The van der Waals surface area contributed by atoms with Crippen molar-refractivity contribution in [3.63, 3.8) is 0 Å². The highest BCUT2D eigenvalue weighted by Gasteiger charge is 2.29. The number of hydrogen-bond donors (Lipinski definition) is 0. The van der Waals surface area contributed by atoms with Crippen molar-refractivity contribution in [1.29, 1.82) is 0 Å². The zero-order chi connectivity index (χ0) is 22.8. The van der Waals surface area contributed by atoms with Gasteiger partial charge in [0.2, 0.25) is 0 Å². The molecule has 0 bridgehead atoms. The molecule has 3 aromatic rings. The van der Waals surface area contributed by atoms with E-state index in [1.807, 2.05) is 71.6 Å². The summed E-state index contributed by atoms with van der Waals surface area (Å²) in [5.74, 6) is 1.20. The number of para-hydroxylation sites is 1. The van der Waals surface area contributed by atoms with Gasteiger partial charge >= 0.3 is 0 Å². The fourth-order valence-corrected chi connectivity index (χ4v) is 5.18. The van der Waals surface area contributed by atoms with Crippen molar-refractivity contribution in [2.45, 2.75) is 19.8 Å². The van der Waals surface area contributed by atoms with Gasteiger partial charge in [0.25, 0.3) is 5.91 Å². The monoisotopic (exact) mass is 458 g/mol. The number of aromatic nitrogens is 2. The third-order valence-electron chi connectivity index (χ3n) is 5.93. The molecule has 2 aliphatic rings. The van der Waals surface area contributed by atoms with Gasteiger partial charge in [-0.3, -0.25) is 4.79 Å². The van der Waals surface area contributed by atoms with Crippen LogP contribution in [0.2, 0.25) is 0 Å². The van der Waals surface area contributed by atoms with E-state index in [9.17, 15) is 4.79 Å². The largest absolute Gasteiger partial charge is 0.497 e. The summed E-state index contributed by atoms with van der Waals surface area (Å²) in [6.07, 6.45) is 6.25. The van der Waals surface area contributed by atoms with E-state index in [4.69, 9.17) is 9.84 Å². The number of hydrogen-bond acceptors (Lipinski definition) is 5. The van der Waals surface area contributed by atoms with Crippen LogP contribution >= 0.6 is 11.8 Å². The van der Waals surface area contributed by atoms with Crippen LogP contribution in [0.25, 0.3) is 23.0 Å². The second-order valence-electron chi connectivity index (χ2n) is 8.45. The highest BCUT2D eigenvalue weighted by Crippen LogP contribution is 2.35. The van der Waals surface area contributed by atoms with E-state index >= 15 is 0 Å². The van der Waals surface area contributed by atoms with Crippen LogP contribution in [0.4, 0.5) is 0 Å². The first-order chi connectivity index (χ1) is 16.1. The molecular formula is C26H26N4O2S. The normalized spacial score (nSPS) is 19.8. The highest BCUT2D eigenvalue weighted by atomic mass is 32.2. The standard InChI is InChI=1S/C26H26N4O2S/c1-18-8-7-13-29(16-18)26-27-25(31)23(33-26)15-20-17-30(21-10-4-3-5-11-21)28-24(20)19-9-6-12-22(14-19)32-2/h3-6,9-12,14-15,17-18H,7-8,13,16H2,1-2H3/b23-15-/t18-/m1/s1. The van der Waals surface area contributed by atoms with Gasteiger partial charge < -0.3 is 9.64 Å². The van der Waals surface area contributed by atoms with Gasteiger partial charge in [-0.15, -0.1) is 0 Å². The molecule has 1 saturated heterocycles. The predicted octanol–water partition coefficient (Wildman–Crippen LogP) is 5.25. The predicted molar refractivity (Wildman–Crippen MR) is 134 cm³/mol. The van der Waals surface area contributed by atoms with Crippen molar-refractivity contribution in [2.75, 3.05) is 20.2 Å². The quantitative estimate of drug-likeness (QED) is 0.500. The Morgan fingerprint density at radius 1 is 1.15 bits per heavy atom. The summed E-state index contributed by atoms with van der Waals surface area (Å²) in [5.41, 5.74) is 3.54. The van der Waals surface area contributed by atoms with Crippen molar-refractivity contribution in [2.24, 2.45) is 10.9 Å². The minimum absolute atomic E-state index is 0.183. The van der Waals surface area contributed by atoms with Crippen LogP contribution in [0.15, 0.2) is 70.7 Å². The molecule has 0 spiro atoms. The first-order valence-corrected chi connectivity index (χ1v) is 12.0. The number of amides is 1. The molecule has 6 nitrogen and oxygen atoms in total. The summed E-state index contributed by atoms with van der Waals surface area (Å²) in [7, 11) is 1.65. The molecule has 1 fully saturated rings. The number of carbonyl (C=O) groups is 1. The van der Waals surface area contributed by atoms with Crippen molar-refractivity contribution in [3.05, 3.63) is 71.3 Å². The van der Waals surface area contributed by atoms with E-state index in [0.29, 0.717) is 10.8 Å². The van der Waals surface area contributed by atoms with Crippen molar-refractivity contribution in [1.82, 2.24) is 14.7 Å². The van der Waals surface area contributed by atoms with E-state index in [-0.39, 0.29) is 5.91 Å². The number of rotatable bonds is 4. The van der Waals surface area contributed by atoms with Gasteiger partial charge in [-0.25, -0.2) is 4.68 Å². The molecule has 33 heavy (non-hydrogen) atoms. The number of ether oxygens (including phenoxy) is 1. The van der Waals surface area contributed by atoms with Crippen molar-refractivity contribution in [3.8, 4) is 22.7 Å². The molecule has 0 saturated carbocycles. The van der Waals surface area contributed by atoms with E-state index in [2.05, 4.69) is 16.8 Å². The van der Waals surface area contributed by atoms with Crippen molar-refractivity contribution >= 4 is 28.9 Å². The van der Waals surface area contributed by atoms with Crippen LogP contribution in [-0.4, -0.2) is 46.0 Å². The molecule has 2 aliphatic heterocycles. The summed E-state index contributed by atoms with van der Waals surface area (Å²) in [6.45, 7) is 4.16. The van der Waals surface area contributed by atoms with Gasteiger partial charge in [-0.05, 0) is 60.9 Å². The summed E-state index contributed by atoms with van der Waals surface area (Å²) >= 11 is 1.46. The SMILES string of the molecule is COc1cccc(-c2nn(-c3ccccc3)cc2/C=C2\SC(N3CCC[C@@H](C)C3)=NC2=O)c1. The molecule has 1 atom stereocenters. The summed E-state index contributed by atoms with van der Waals surface area (Å²) in [6, 6.07) is 17.8. The maximum absolute atomic E-state index is 12.8. The van der Waals surface area contributed by atoms with Crippen LogP contribution in [0.1, 0.15) is 25.3 Å². The number of thioether (sulfide) groups is 1. The van der Waals surface area contributed by atoms with E-state index in [0.717, 1.165) is 52.9 Å².